The normalized spacial score (nSPS) is 10.6. The molecule has 0 aliphatic rings. The molecule has 84 valence electrons. The van der Waals surface area contributed by atoms with Gasteiger partial charge in [-0.2, -0.15) is 0 Å². The van der Waals surface area contributed by atoms with E-state index < -0.39 is 0 Å². The molecule has 2 N–H and O–H groups in total. The number of hydrogen-bond acceptors (Lipinski definition) is 3. The molecule has 0 aromatic carbocycles. The standard InChI is InChI=1S/C13H12N4/c1-14-12-7-9(4-6-15-12)11-8-17-13-10(11)3-2-5-16-13/h2-8H,1H3,(H,14,15)(H,16,17). The van der Waals surface area contributed by atoms with Crippen LogP contribution >= 0.6 is 0 Å². The van der Waals surface area contributed by atoms with Crippen molar-refractivity contribution < 1.29 is 0 Å². The number of fused-ring (bicyclic) bond motifs is 1. The third-order valence-corrected chi connectivity index (χ3v) is 2.78. The van der Waals surface area contributed by atoms with Gasteiger partial charge >= 0.3 is 0 Å². The molecule has 3 aromatic heterocycles. The Kier molecular flexibility index (Phi) is 2.26. The van der Waals surface area contributed by atoms with E-state index in [0.29, 0.717) is 0 Å². The van der Waals surface area contributed by atoms with E-state index in [1.807, 2.05) is 31.4 Å². The maximum atomic E-state index is 4.28. The predicted octanol–water partition coefficient (Wildman–Crippen LogP) is 2.67. The van der Waals surface area contributed by atoms with Gasteiger partial charge in [0.25, 0.3) is 0 Å². The predicted molar refractivity (Wildman–Crippen MR) is 68.9 cm³/mol. The number of H-pyrrole nitrogens is 1. The summed E-state index contributed by atoms with van der Waals surface area (Å²) in [5.74, 6) is 0.862. The molecule has 17 heavy (non-hydrogen) atoms. The van der Waals surface area contributed by atoms with Crippen molar-refractivity contribution in [3.8, 4) is 11.1 Å². The zero-order valence-corrected chi connectivity index (χ0v) is 9.44. The van der Waals surface area contributed by atoms with Gasteiger partial charge in [0.1, 0.15) is 11.5 Å². The van der Waals surface area contributed by atoms with Crippen molar-refractivity contribution in [2.75, 3.05) is 12.4 Å². The summed E-state index contributed by atoms with van der Waals surface area (Å²) in [5, 5.41) is 4.17. The van der Waals surface area contributed by atoms with Crippen LogP contribution in [0.4, 0.5) is 5.82 Å². The maximum Gasteiger partial charge on any atom is 0.137 e. The van der Waals surface area contributed by atoms with Crippen LogP contribution < -0.4 is 5.32 Å². The van der Waals surface area contributed by atoms with Crippen LogP contribution in [-0.4, -0.2) is 22.0 Å². The second-order valence-electron chi connectivity index (χ2n) is 3.78. The first-order valence-electron chi connectivity index (χ1n) is 5.45. The Morgan fingerprint density at radius 3 is 3.00 bits per heavy atom. The van der Waals surface area contributed by atoms with Crippen LogP contribution in [0, 0.1) is 0 Å². The molecule has 3 rings (SSSR count). The van der Waals surface area contributed by atoms with E-state index in [9.17, 15) is 0 Å². The summed E-state index contributed by atoms with van der Waals surface area (Å²) in [6.07, 6.45) is 5.57. The molecule has 0 saturated carbocycles. The SMILES string of the molecule is CNc1cc(-c2c[nH]c3ncccc23)ccn1. The molecule has 0 amide bonds. The fourth-order valence-corrected chi connectivity index (χ4v) is 1.93. The summed E-state index contributed by atoms with van der Waals surface area (Å²) >= 11 is 0. The minimum Gasteiger partial charge on any atom is -0.373 e. The molecule has 0 aliphatic carbocycles. The van der Waals surface area contributed by atoms with Gasteiger partial charge in [-0.3, -0.25) is 0 Å². The van der Waals surface area contributed by atoms with Crippen LogP contribution in [0.1, 0.15) is 0 Å². The fraction of sp³-hybridized carbons (Fsp3) is 0.0769. The van der Waals surface area contributed by atoms with Crippen molar-refractivity contribution in [3.05, 3.63) is 42.9 Å². The number of nitrogens with zero attached hydrogens (tertiary/aromatic N) is 2. The Morgan fingerprint density at radius 2 is 2.12 bits per heavy atom. The van der Waals surface area contributed by atoms with Gasteiger partial charge in [0.05, 0.1) is 0 Å². The fourth-order valence-electron chi connectivity index (χ4n) is 1.93. The zero-order chi connectivity index (χ0) is 11.7. The van der Waals surface area contributed by atoms with E-state index in [1.54, 1.807) is 12.4 Å². The molecule has 0 unspecified atom stereocenters. The zero-order valence-electron chi connectivity index (χ0n) is 9.44. The summed E-state index contributed by atoms with van der Waals surface area (Å²) in [6.45, 7) is 0. The lowest BCUT2D eigenvalue weighted by molar-refractivity contribution is 1.29. The molecular formula is C13H12N4. The highest BCUT2D eigenvalue weighted by atomic mass is 14.9. The third kappa shape index (κ3) is 1.63. The number of anilines is 1. The van der Waals surface area contributed by atoms with Crippen LogP contribution in [0.2, 0.25) is 0 Å². The van der Waals surface area contributed by atoms with E-state index in [2.05, 4.69) is 26.3 Å². The first-order valence-corrected chi connectivity index (χ1v) is 5.45. The second-order valence-corrected chi connectivity index (χ2v) is 3.78. The van der Waals surface area contributed by atoms with Gasteiger partial charge in [0.15, 0.2) is 0 Å². The van der Waals surface area contributed by atoms with E-state index in [1.165, 1.54) is 0 Å². The van der Waals surface area contributed by atoms with Gasteiger partial charge in [-0.15, -0.1) is 0 Å². The van der Waals surface area contributed by atoms with Gasteiger partial charge in [-0.1, -0.05) is 0 Å². The van der Waals surface area contributed by atoms with Gasteiger partial charge in [-0.25, -0.2) is 9.97 Å². The minimum atomic E-state index is 0.862. The number of rotatable bonds is 2. The largest absolute Gasteiger partial charge is 0.373 e. The third-order valence-electron chi connectivity index (χ3n) is 2.78. The molecule has 0 radical (unpaired) electrons. The summed E-state index contributed by atoms with van der Waals surface area (Å²) in [7, 11) is 1.86. The molecule has 0 aliphatic heterocycles. The van der Waals surface area contributed by atoms with E-state index in [0.717, 1.165) is 28.0 Å². The van der Waals surface area contributed by atoms with Crippen molar-refractivity contribution in [2.45, 2.75) is 0 Å². The molecule has 0 atom stereocenters. The topological polar surface area (TPSA) is 53.6 Å². The molecule has 3 aromatic rings. The number of pyridine rings is 2. The van der Waals surface area contributed by atoms with Crippen molar-refractivity contribution >= 4 is 16.9 Å². The highest BCUT2D eigenvalue weighted by Gasteiger charge is 2.06. The van der Waals surface area contributed by atoms with Crippen molar-refractivity contribution in [3.63, 3.8) is 0 Å². The quantitative estimate of drug-likeness (QED) is 0.703. The van der Waals surface area contributed by atoms with Crippen LogP contribution in [-0.2, 0) is 0 Å². The average Bonchev–Trinajstić information content (AvgIpc) is 2.82. The second kappa shape index (κ2) is 3.90. The highest BCUT2D eigenvalue weighted by Crippen LogP contribution is 2.28. The summed E-state index contributed by atoms with van der Waals surface area (Å²) in [4.78, 5) is 11.7. The van der Waals surface area contributed by atoms with Gasteiger partial charge in [-0.05, 0) is 29.8 Å². The lowest BCUT2D eigenvalue weighted by Crippen LogP contribution is -1.91. The van der Waals surface area contributed by atoms with Crippen LogP contribution in [0.15, 0.2) is 42.9 Å². The van der Waals surface area contributed by atoms with E-state index >= 15 is 0 Å². The Morgan fingerprint density at radius 1 is 1.18 bits per heavy atom. The van der Waals surface area contributed by atoms with Gasteiger partial charge in [0, 0.05) is 36.6 Å². The van der Waals surface area contributed by atoms with E-state index in [-0.39, 0.29) is 0 Å². The summed E-state index contributed by atoms with van der Waals surface area (Å²) in [5.41, 5.74) is 3.18. The molecule has 4 heteroatoms. The monoisotopic (exact) mass is 224 g/mol. The number of hydrogen-bond donors (Lipinski definition) is 2. The Balaban J connectivity index is 2.20. The average molecular weight is 224 g/mol. The first-order chi connectivity index (χ1) is 8.38. The Hall–Kier alpha value is -2.36. The first kappa shape index (κ1) is 9.84. The molecule has 4 nitrogen and oxygen atoms in total. The molecule has 3 heterocycles. The van der Waals surface area contributed by atoms with Crippen LogP contribution in [0.5, 0.6) is 0 Å². The van der Waals surface area contributed by atoms with Crippen molar-refractivity contribution in [2.24, 2.45) is 0 Å². The summed E-state index contributed by atoms with van der Waals surface area (Å²) in [6, 6.07) is 8.03. The van der Waals surface area contributed by atoms with Crippen molar-refractivity contribution in [1.29, 1.82) is 0 Å². The molecule has 0 fully saturated rings. The molecule has 0 saturated heterocycles. The van der Waals surface area contributed by atoms with E-state index in [4.69, 9.17) is 0 Å². The lowest BCUT2D eigenvalue weighted by Gasteiger charge is -2.02. The maximum absolute atomic E-state index is 4.28. The van der Waals surface area contributed by atoms with Crippen LogP contribution in [0.3, 0.4) is 0 Å². The molecule has 0 bridgehead atoms. The highest BCUT2D eigenvalue weighted by molar-refractivity contribution is 5.93. The van der Waals surface area contributed by atoms with Crippen LogP contribution in [0.25, 0.3) is 22.2 Å². The number of aromatic nitrogens is 3. The van der Waals surface area contributed by atoms with Gasteiger partial charge in [0.2, 0.25) is 0 Å². The Labute approximate surface area is 98.7 Å². The Bertz CT molecular complexity index is 657. The lowest BCUT2D eigenvalue weighted by atomic mass is 10.1. The molecular weight excluding hydrogens is 212 g/mol. The minimum absolute atomic E-state index is 0.862. The summed E-state index contributed by atoms with van der Waals surface area (Å²) < 4.78 is 0. The van der Waals surface area contributed by atoms with Gasteiger partial charge < -0.3 is 10.3 Å². The number of aromatic amines is 1. The molecule has 0 spiro atoms. The van der Waals surface area contributed by atoms with Crippen molar-refractivity contribution in [1.82, 2.24) is 15.0 Å². The number of nitrogens with one attached hydrogen (secondary N) is 2. The smallest absolute Gasteiger partial charge is 0.137 e.